The highest BCUT2D eigenvalue weighted by Crippen LogP contribution is 2.21. The van der Waals surface area contributed by atoms with E-state index in [0.717, 1.165) is 5.56 Å². The monoisotopic (exact) mass is 213 g/mol. The summed E-state index contributed by atoms with van der Waals surface area (Å²) in [6.07, 6.45) is 1.06. The molecule has 2 heteroatoms. The molecule has 0 fully saturated rings. The van der Waals surface area contributed by atoms with Crippen molar-refractivity contribution >= 4 is 0 Å². The second-order valence-corrected chi connectivity index (χ2v) is 4.00. The molecule has 1 atom stereocenters. The van der Waals surface area contributed by atoms with E-state index in [9.17, 15) is 5.11 Å². The van der Waals surface area contributed by atoms with Crippen LogP contribution in [0.3, 0.4) is 0 Å². The summed E-state index contributed by atoms with van der Waals surface area (Å²) in [4.78, 5) is 4.16. The van der Waals surface area contributed by atoms with Crippen LogP contribution in [0.1, 0.15) is 28.5 Å². The van der Waals surface area contributed by atoms with E-state index in [2.05, 4.69) is 11.9 Å². The zero-order valence-corrected chi connectivity index (χ0v) is 9.51. The quantitative estimate of drug-likeness (QED) is 0.832. The molecule has 82 valence electrons. The molecule has 0 radical (unpaired) electrons. The van der Waals surface area contributed by atoms with Gasteiger partial charge in [-0.1, -0.05) is 24.3 Å². The first-order chi connectivity index (χ1) is 7.68. The minimum absolute atomic E-state index is 0.638. The number of aliphatic hydroxyl groups is 1. The Labute approximate surface area is 95.6 Å². The molecule has 1 heterocycles. The van der Waals surface area contributed by atoms with Gasteiger partial charge in [-0.05, 0) is 42.7 Å². The van der Waals surface area contributed by atoms with Crippen LogP contribution in [0.25, 0.3) is 0 Å². The van der Waals surface area contributed by atoms with Crippen molar-refractivity contribution < 1.29 is 5.11 Å². The van der Waals surface area contributed by atoms with Crippen LogP contribution in [0.2, 0.25) is 0 Å². The summed E-state index contributed by atoms with van der Waals surface area (Å²) in [6, 6.07) is 11.5. The fraction of sp³-hybridized carbons (Fsp3) is 0.214. The van der Waals surface area contributed by atoms with Crippen LogP contribution in [0.5, 0.6) is 0 Å². The zero-order chi connectivity index (χ0) is 11.5. The predicted octanol–water partition coefficient (Wildman–Crippen LogP) is 2.78. The Kier molecular flexibility index (Phi) is 3.02. The lowest BCUT2D eigenvalue weighted by molar-refractivity contribution is 0.215. The Morgan fingerprint density at radius 2 is 1.88 bits per heavy atom. The maximum absolute atomic E-state index is 10.1. The first-order valence-corrected chi connectivity index (χ1v) is 5.34. The molecule has 0 aliphatic rings. The van der Waals surface area contributed by atoms with Crippen molar-refractivity contribution in [2.24, 2.45) is 0 Å². The highest BCUT2D eigenvalue weighted by atomic mass is 16.3. The van der Waals surface area contributed by atoms with Crippen molar-refractivity contribution in [1.82, 2.24) is 4.98 Å². The number of nitrogens with zero attached hydrogens (tertiary/aromatic N) is 1. The molecule has 0 aliphatic carbocycles. The Hall–Kier alpha value is -1.67. The van der Waals surface area contributed by atoms with Gasteiger partial charge in [-0.2, -0.15) is 0 Å². The van der Waals surface area contributed by atoms with Crippen LogP contribution in [-0.4, -0.2) is 10.1 Å². The lowest BCUT2D eigenvalue weighted by atomic mass is 10.0. The summed E-state index contributed by atoms with van der Waals surface area (Å²) in [7, 11) is 0. The Balaban J connectivity index is 2.34. The van der Waals surface area contributed by atoms with Gasteiger partial charge in [-0.25, -0.2) is 0 Å². The summed E-state index contributed by atoms with van der Waals surface area (Å²) in [5.74, 6) is 0. The molecule has 0 saturated carbocycles. The van der Waals surface area contributed by atoms with Crippen LogP contribution in [0.15, 0.2) is 42.6 Å². The minimum Gasteiger partial charge on any atom is -0.382 e. The van der Waals surface area contributed by atoms with Crippen molar-refractivity contribution in [3.05, 3.63) is 65.0 Å². The van der Waals surface area contributed by atoms with Crippen molar-refractivity contribution in [2.45, 2.75) is 20.0 Å². The van der Waals surface area contributed by atoms with E-state index in [1.165, 1.54) is 11.1 Å². The van der Waals surface area contributed by atoms with E-state index < -0.39 is 6.10 Å². The van der Waals surface area contributed by atoms with Gasteiger partial charge in [-0.15, -0.1) is 0 Å². The van der Waals surface area contributed by atoms with E-state index in [1.54, 1.807) is 6.20 Å². The number of hydrogen-bond donors (Lipinski definition) is 1. The van der Waals surface area contributed by atoms with Gasteiger partial charge in [0, 0.05) is 6.20 Å². The third kappa shape index (κ3) is 2.12. The van der Waals surface area contributed by atoms with Crippen LogP contribution in [0.4, 0.5) is 0 Å². The fourth-order valence-corrected chi connectivity index (χ4v) is 1.64. The average Bonchev–Trinajstić information content (AvgIpc) is 2.33. The van der Waals surface area contributed by atoms with Gasteiger partial charge in [0.1, 0.15) is 6.10 Å². The number of rotatable bonds is 2. The van der Waals surface area contributed by atoms with E-state index in [-0.39, 0.29) is 0 Å². The van der Waals surface area contributed by atoms with Crippen molar-refractivity contribution in [2.75, 3.05) is 0 Å². The standard InChI is InChI=1S/C14H15NO/c1-10-6-7-12(9-11(10)2)14(16)13-5-3-4-8-15-13/h3-9,14,16H,1-2H3/t14-/m0/s1. The molecule has 2 nitrogen and oxygen atoms in total. The first-order valence-electron chi connectivity index (χ1n) is 5.34. The lowest BCUT2D eigenvalue weighted by Gasteiger charge is -2.11. The number of aryl methyl sites for hydroxylation is 2. The smallest absolute Gasteiger partial charge is 0.121 e. The largest absolute Gasteiger partial charge is 0.382 e. The number of hydrogen-bond acceptors (Lipinski definition) is 2. The molecular formula is C14H15NO. The Morgan fingerprint density at radius 3 is 2.50 bits per heavy atom. The van der Waals surface area contributed by atoms with Crippen molar-refractivity contribution in [3.8, 4) is 0 Å². The van der Waals surface area contributed by atoms with E-state index in [1.807, 2.05) is 43.3 Å². The number of aliphatic hydroxyl groups excluding tert-OH is 1. The van der Waals surface area contributed by atoms with Gasteiger partial charge in [0.05, 0.1) is 5.69 Å². The van der Waals surface area contributed by atoms with Gasteiger partial charge < -0.3 is 5.11 Å². The molecule has 1 N–H and O–H groups in total. The normalized spacial score (nSPS) is 12.4. The number of aromatic nitrogens is 1. The minimum atomic E-state index is -0.638. The van der Waals surface area contributed by atoms with E-state index >= 15 is 0 Å². The highest BCUT2D eigenvalue weighted by Gasteiger charge is 2.11. The Morgan fingerprint density at radius 1 is 1.06 bits per heavy atom. The average molecular weight is 213 g/mol. The van der Waals surface area contributed by atoms with Gasteiger partial charge in [0.2, 0.25) is 0 Å². The fourth-order valence-electron chi connectivity index (χ4n) is 1.64. The second kappa shape index (κ2) is 4.45. The summed E-state index contributed by atoms with van der Waals surface area (Å²) in [5.41, 5.74) is 4.00. The maximum Gasteiger partial charge on any atom is 0.121 e. The van der Waals surface area contributed by atoms with Crippen molar-refractivity contribution in [1.29, 1.82) is 0 Å². The summed E-state index contributed by atoms with van der Waals surface area (Å²) in [6.45, 7) is 4.11. The van der Waals surface area contributed by atoms with Crippen LogP contribution in [-0.2, 0) is 0 Å². The van der Waals surface area contributed by atoms with Gasteiger partial charge in [-0.3, -0.25) is 4.98 Å². The summed E-state index contributed by atoms with van der Waals surface area (Å²) >= 11 is 0. The van der Waals surface area contributed by atoms with Crippen LogP contribution < -0.4 is 0 Å². The summed E-state index contributed by atoms with van der Waals surface area (Å²) in [5, 5.41) is 10.1. The van der Waals surface area contributed by atoms with Gasteiger partial charge in [0.25, 0.3) is 0 Å². The maximum atomic E-state index is 10.1. The first kappa shape index (κ1) is 10.8. The zero-order valence-electron chi connectivity index (χ0n) is 9.51. The summed E-state index contributed by atoms with van der Waals surface area (Å²) < 4.78 is 0. The molecule has 16 heavy (non-hydrogen) atoms. The highest BCUT2D eigenvalue weighted by molar-refractivity contribution is 5.34. The molecule has 2 rings (SSSR count). The predicted molar refractivity (Wildman–Crippen MR) is 64.2 cm³/mol. The molecule has 0 unspecified atom stereocenters. The molecule has 0 amide bonds. The molecule has 0 spiro atoms. The number of pyridine rings is 1. The third-order valence-electron chi connectivity index (χ3n) is 2.81. The molecule has 0 saturated heterocycles. The van der Waals surface area contributed by atoms with E-state index in [4.69, 9.17) is 0 Å². The molecule has 0 aliphatic heterocycles. The topological polar surface area (TPSA) is 33.1 Å². The molecule has 0 bridgehead atoms. The van der Waals surface area contributed by atoms with Crippen LogP contribution >= 0.6 is 0 Å². The Bertz CT molecular complexity index is 479. The van der Waals surface area contributed by atoms with Gasteiger partial charge in [0.15, 0.2) is 0 Å². The second-order valence-electron chi connectivity index (χ2n) is 4.00. The number of benzene rings is 1. The van der Waals surface area contributed by atoms with Crippen LogP contribution in [0, 0.1) is 13.8 Å². The molecular weight excluding hydrogens is 198 g/mol. The molecule has 1 aromatic heterocycles. The van der Waals surface area contributed by atoms with Gasteiger partial charge >= 0.3 is 0 Å². The van der Waals surface area contributed by atoms with Crippen molar-refractivity contribution in [3.63, 3.8) is 0 Å². The molecule has 1 aromatic carbocycles. The SMILES string of the molecule is Cc1ccc([C@H](O)c2ccccn2)cc1C. The lowest BCUT2D eigenvalue weighted by Crippen LogP contribution is -2.02. The molecule has 2 aromatic rings. The van der Waals surface area contributed by atoms with E-state index in [0.29, 0.717) is 5.69 Å². The third-order valence-corrected chi connectivity index (χ3v) is 2.81.